The summed E-state index contributed by atoms with van der Waals surface area (Å²) in [5.74, 6) is -0.319. The summed E-state index contributed by atoms with van der Waals surface area (Å²) in [6.07, 6.45) is 2.76. The molecule has 1 N–H and O–H groups in total. The zero-order valence-electron chi connectivity index (χ0n) is 15.3. The van der Waals surface area contributed by atoms with Gasteiger partial charge < -0.3 is 14.5 Å². The molecule has 1 aliphatic heterocycles. The van der Waals surface area contributed by atoms with Crippen LogP contribution in [-0.2, 0) is 17.6 Å². The van der Waals surface area contributed by atoms with Crippen LogP contribution in [0.25, 0.3) is 0 Å². The maximum atomic E-state index is 12.6. The summed E-state index contributed by atoms with van der Waals surface area (Å²) in [6, 6.07) is -0.116. The second-order valence-electron chi connectivity index (χ2n) is 6.87. The molecule has 0 aromatic carbocycles. The number of hydrogen-bond acceptors (Lipinski definition) is 5. The van der Waals surface area contributed by atoms with Crippen molar-refractivity contribution >= 4 is 28.3 Å². The van der Waals surface area contributed by atoms with Crippen LogP contribution in [0.3, 0.4) is 0 Å². The summed E-state index contributed by atoms with van der Waals surface area (Å²) in [5, 5.41) is 3.63. The van der Waals surface area contributed by atoms with Crippen molar-refractivity contribution in [2.24, 2.45) is 0 Å². The van der Waals surface area contributed by atoms with Gasteiger partial charge in [0.05, 0.1) is 11.7 Å². The summed E-state index contributed by atoms with van der Waals surface area (Å²) < 4.78 is 5.41. The van der Waals surface area contributed by atoms with Crippen LogP contribution in [0.1, 0.15) is 48.0 Å². The highest BCUT2D eigenvalue weighted by molar-refractivity contribution is 7.17. The maximum Gasteiger partial charge on any atom is 0.341 e. The number of thiophene rings is 1. The number of carbonyl (C=O) groups is 2. The summed E-state index contributed by atoms with van der Waals surface area (Å²) in [6.45, 7) is 10.1. The van der Waals surface area contributed by atoms with Gasteiger partial charge in [0.25, 0.3) is 0 Å². The van der Waals surface area contributed by atoms with E-state index in [1.54, 1.807) is 0 Å². The van der Waals surface area contributed by atoms with Crippen LogP contribution in [0, 0.1) is 0 Å². The van der Waals surface area contributed by atoms with Crippen LogP contribution < -0.4 is 5.32 Å². The Labute approximate surface area is 153 Å². The van der Waals surface area contributed by atoms with E-state index in [4.69, 9.17) is 4.74 Å². The molecule has 6 nitrogen and oxygen atoms in total. The molecule has 0 radical (unpaired) electrons. The summed E-state index contributed by atoms with van der Waals surface area (Å²) in [7, 11) is 0. The molecule has 1 aromatic rings. The van der Waals surface area contributed by atoms with Crippen molar-refractivity contribution in [1.29, 1.82) is 0 Å². The van der Waals surface area contributed by atoms with Crippen LogP contribution in [0.4, 0.5) is 9.80 Å². The molecule has 1 fully saturated rings. The molecule has 2 aliphatic rings. The largest absolute Gasteiger partial charge is 0.459 e. The minimum absolute atomic E-state index is 0.116. The van der Waals surface area contributed by atoms with Crippen molar-refractivity contribution in [3.63, 3.8) is 0 Å². The average molecular weight is 365 g/mol. The maximum absolute atomic E-state index is 12.6. The first-order valence-corrected chi connectivity index (χ1v) is 9.95. The summed E-state index contributed by atoms with van der Waals surface area (Å²) in [5.41, 5.74) is 1.65. The molecule has 1 saturated heterocycles. The minimum Gasteiger partial charge on any atom is -0.459 e. The highest BCUT2D eigenvalue weighted by Crippen LogP contribution is 2.39. The van der Waals surface area contributed by atoms with Gasteiger partial charge >= 0.3 is 12.0 Å². The standard InChI is InChI=1S/C18H27N3O3S/c1-4-20-8-10-21(11-9-20)18(23)19-16-15(17(22)24-12(2)3)13-6-5-7-14(13)25-16/h12H,4-11H2,1-3H3,(H,19,23). The number of ether oxygens (including phenoxy) is 1. The average Bonchev–Trinajstić information content (AvgIpc) is 3.14. The van der Waals surface area contributed by atoms with E-state index in [1.165, 1.54) is 16.2 Å². The fraction of sp³-hybridized carbons (Fsp3) is 0.667. The van der Waals surface area contributed by atoms with Crippen molar-refractivity contribution in [3.05, 3.63) is 16.0 Å². The molecular weight excluding hydrogens is 338 g/mol. The first kappa shape index (κ1) is 18.2. The number of nitrogens with one attached hydrogen (secondary N) is 1. The molecule has 0 bridgehead atoms. The number of nitrogens with zero attached hydrogens (tertiary/aromatic N) is 2. The van der Waals surface area contributed by atoms with Gasteiger partial charge in [-0.2, -0.15) is 0 Å². The number of amides is 2. The monoisotopic (exact) mass is 365 g/mol. The van der Waals surface area contributed by atoms with Gasteiger partial charge in [-0.3, -0.25) is 5.32 Å². The molecule has 2 heterocycles. The van der Waals surface area contributed by atoms with E-state index < -0.39 is 0 Å². The second-order valence-corrected chi connectivity index (χ2v) is 7.97. The normalized spacial score (nSPS) is 17.7. The van der Waals surface area contributed by atoms with Crippen LogP contribution in [0.2, 0.25) is 0 Å². The lowest BCUT2D eigenvalue weighted by Crippen LogP contribution is -2.49. The second kappa shape index (κ2) is 7.74. The van der Waals surface area contributed by atoms with E-state index >= 15 is 0 Å². The number of anilines is 1. The van der Waals surface area contributed by atoms with Gasteiger partial charge in [-0.05, 0) is 45.2 Å². The molecule has 25 heavy (non-hydrogen) atoms. The Morgan fingerprint density at radius 1 is 1.20 bits per heavy atom. The zero-order valence-corrected chi connectivity index (χ0v) is 16.1. The Balaban J connectivity index is 1.74. The number of aryl methyl sites for hydroxylation is 1. The number of carbonyl (C=O) groups excluding carboxylic acids is 2. The number of piperazine rings is 1. The van der Waals surface area contributed by atoms with Crippen LogP contribution in [0.15, 0.2) is 0 Å². The SMILES string of the molecule is CCN1CCN(C(=O)Nc2sc3c(c2C(=O)OC(C)C)CCC3)CC1. The summed E-state index contributed by atoms with van der Waals surface area (Å²) in [4.78, 5) is 30.6. The Morgan fingerprint density at radius 2 is 1.92 bits per heavy atom. The highest BCUT2D eigenvalue weighted by Gasteiger charge is 2.30. The predicted molar refractivity (Wildman–Crippen MR) is 99.6 cm³/mol. The Morgan fingerprint density at radius 3 is 2.56 bits per heavy atom. The highest BCUT2D eigenvalue weighted by atomic mass is 32.1. The van der Waals surface area contributed by atoms with Gasteiger partial charge in [-0.25, -0.2) is 9.59 Å². The quantitative estimate of drug-likeness (QED) is 0.834. The van der Waals surface area contributed by atoms with Crippen molar-refractivity contribution < 1.29 is 14.3 Å². The van der Waals surface area contributed by atoms with Gasteiger partial charge in [0.1, 0.15) is 5.00 Å². The predicted octanol–water partition coefficient (Wildman–Crippen LogP) is 2.97. The number of likely N-dealkylation sites (N-methyl/N-ethyl adjacent to an activating group) is 1. The number of hydrogen-bond donors (Lipinski definition) is 1. The minimum atomic E-state index is -0.319. The lowest BCUT2D eigenvalue weighted by atomic mass is 10.1. The molecule has 0 saturated carbocycles. The van der Waals surface area contributed by atoms with Gasteiger partial charge in [0.15, 0.2) is 0 Å². The van der Waals surface area contributed by atoms with E-state index in [-0.39, 0.29) is 18.1 Å². The molecule has 1 aromatic heterocycles. The smallest absolute Gasteiger partial charge is 0.341 e. The molecule has 3 rings (SSSR count). The van der Waals surface area contributed by atoms with Gasteiger partial charge in [-0.1, -0.05) is 6.92 Å². The Hall–Kier alpha value is -1.60. The molecule has 7 heteroatoms. The number of urea groups is 1. The lowest BCUT2D eigenvalue weighted by molar-refractivity contribution is 0.0378. The van der Waals surface area contributed by atoms with Crippen LogP contribution in [-0.4, -0.2) is 60.6 Å². The lowest BCUT2D eigenvalue weighted by Gasteiger charge is -2.33. The number of esters is 1. The third-order valence-corrected chi connectivity index (χ3v) is 6.00. The van der Waals surface area contributed by atoms with Gasteiger partial charge in [0.2, 0.25) is 0 Å². The number of fused-ring (bicyclic) bond motifs is 1. The zero-order chi connectivity index (χ0) is 18.0. The van der Waals surface area contributed by atoms with Crippen molar-refractivity contribution in [1.82, 2.24) is 9.80 Å². The van der Waals surface area contributed by atoms with Crippen molar-refractivity contribution in [3.8, 4) is 0 Å². The molecule has 0 unspecified atom stereocenters. The fourth-order valence-corrected chi connectivity index (χ4v) is 4.69. The molecular formula is C18H27N3O3S. The van der Waals surface area contributed by atoms with Crippen LogP contribution in [0.5, 0.6) is 0 Å². The van der Waals surface area contributed by atoms with Gasteiger partial charge in [0, 0.05) is 31.1 Å². The first-order chi connectivity index (χ1) is 12.0. The number of rotatable bonds is 4. The van der Waals surface area contributed by atoms with E-state index in [0.29, 0.717) is 10.6 Å². The topological polar surface area (TPSA) is 61.9 Å². The molecule has 2 amide bonds. The molecule has 0 spiro atoms. The molecule has 0 atom stereocenters. The third kappa shape index (κ3) is 3.98. The van der Waals surface area contributed by atoms with E-state index in [1.807, 2.05) is 18.7 Å². The third-order valence-electron chi connectivity index (χ3n) is 4.80. The van der Waals surface area contributed by atoms with E-state index in [0.717, 1.165) is 57.5 Å². The fourth-order valence-electron chi connectivity index (χ4n) is 3.42. The van der Waals surface area contributed by atoms with Crippen LogP contribution >= 0.6 is 11.3 Å². The molecule has 138 valence electrons. The Kier molecular flexibility index (Phi) is 5.64. The first-order valence-electron chi connectivity index (χ1n) is 9.13. The Bertz CT molecular complexity index is 648. The van der Waals surface area contributed by atoms with E-state index in [2.05, 4.69) is 17.1 Å². The van der Waals surface area contributed by atoms with E-state index in [9.17, 15) is 9.59 Å². The summed E-state index contributed by atoms with van der Waals surface area (Å²) >= 11 is 1.53. The molecule has 1 aliphatic carbocycles. The van der Waals surface area contributed by atoms with Crippen molar-refractivity contribution in [2.75, 3.05) is 38.0 Å². The van der Waals surface area contributed by atoms with Crippen molar-refractivity contribution in [2.45, 2.75) is 46.1 Å². The van der Waals surface area contributed by atoms with Gasteiger partial charge in [-0.15, -0.1) is 11.3 Å².